The summed E-state index contributed by atoms with van der Waals surface area (Å²) in [6, 6.07) is 20.0. The van der Waals surface area contributed by atoms with Gasteiger partial charge in [-0.05, 0) is 30.5 Å². The van der Waals surface area contributed by atoms with Gasteiger partial charge in [0.05, 0.1) is 11.3 Å². The molecule has 4 rings (SSSR count). The number of hydrogen-bond donors (Lipinski definition) is 3. The van der Waals surface area contributed by atoms with Crippen molar-refractivity contribution in [2.75, 3.05) is 11.1 Å². The number of pyridine rings is 1. The van der Waals surface area contributed by atoms with E-state index in [0.29, 0.717) is 5.82 Å². The molecule has 0 aliphatic rings. The van der Waals surface area contributed by atoms with Crippen LogP contribution in [0.15, 0.2) is 60.7 Å². The zero-order chi connectivity index (χ0) is 16.5. The van der Waals surface area contributed by atoms with Crippen molar-refractivity contribution in [3.63, 3.8) is 0 Å². The highest BCUT2D eigenvalue weighted by Gasteiger charge is 2.15. The van der Waals surface area contributed by atoms with E-state index in [1.165, 1.54) is 0 Å². The van der Waals surface area contributed by atoms with E-state index in [1.807, 2.05) is 67.6 Å². The fraction of sp³-hybridized carbons (Fsp3) is 0.0526. The predicted molar refractivity (Wildman–Crippen MR) is 98.2 cm³/mol. The molecular weight excluding hydrogens is 298 g/mol. The minimum atomic E-state index is 0.457. The molecule has 2 aromatic carbocycles. The Morgan fingerprint density at radius 1 is 0.958 bits per heavy atom. The molecule has 0 aliphatic heterocycles. The maximum absolute atomic E-state index is 6.28. The number of nitrogens with two attached hydrogens (primary N) is 1. The average Bonchev–Trinajstić information content (AvgIpc) is 3.02. The van der Waals surface area contributed by atoms with Crippen molar-refractivity contribution < 1.29 is 0 Å². The third-order valence-corrected chi connectivity index (χ3v) is 3.94. The molecule has 5 nitrogen and oxygen atoms in total. The summed E-state index contributed by atoms with van der Waals surface area (Å²) in [4.78, 5) is 4.59. The van der Waals surface area contributed by atoms with Crippen LogP contribution < -0.4 is 11.1 Å². The van der Waals surface area contributed by atoms with Crippen molar-refractivity contribution in [3.8, 4) is 11.3 Å². The second-order valence-corrected chi connectivity index (χ2v) is 5.69. The van der Waals surface area contributed by atoms with Gasteiger partial charge < -0.3 is 11.1 Å². The van der Waals surface area contributed by atoms with Crippen molar-refractivity contribution in [2.24, 2.45) is 0 Å². The summed E-state index contributed by atoms with van der Waals surface area (Å²) >= 11 is 0. The molecule has 0 radical (unpaired) electrons. The van der Waals surface area contributed by atoms with E-state index in [4.69, 9.17) is 5.73 Å². The Morgan fingerprint density at radius 3 is 2.38 bits per heavy atom. The number of aromatic nitrogens is 3. The lowest BCUT2D eigenvalue weighted by Crippen LogP contribution is -2.01. The number of aryl methyl sites for hydroxylation is 1. The molecule has 0 amide bonds. The van der Waals surface area contributed by atoms with Crippen molar-refractivity contribution in [2.45, 2.75) is 6.92 Å². The second-order valence-electron chi connectivity index (χ2n) is 5.69. The maximum Gasteiger partial charge on any atom is 0.140 e. The van der Waals surface area contributed by atoms with Crippen LogP contribution in [0.1, 0.15) is 5.69 Å². The molecule has 0 spiro atoms. The Hall–Kier alpha value is -3.34. The SMILES string of the molecule is Cc1cc(-c2c(N)nc(Nc3ccccc3)c3ccccc23)n[nH]1. The van der Waals surface area contributed by atoms with Gasteiger partial charge in [0, 0.05) is 16.8 Å². The zero-order valence-corrected chi connectivity index (χ0v) is 13.2. The lowest BCUT2D eigenvalue weighted by molar-refractivity contribution is 1.05. The number of H-pyrrole nitrogens is 1. The third-order valence-electron chi connectivity index (χ3n) is 3.94. The minimum Gasteiger partial charge on any atom is -0.383 e. The molecule has 2 aromatic heterocycles. The van der Waals surface area contributed by atoms with Gasteiger partial charge in [-0.1, -0.05) is 42.5 Å². The standard InChI is InChI=1S/C19H17N5/c1-12-11-16(24-23-12)17-14-9-5-6-10-15(14)19(22-18(17)20)21-13-7-3-2-4-8-13/h2-11H,1H3,(H,23,24)(H3,20,21,22). The molecule has 24 heavy (non-hydrogen) atoms. The quantitative estimate of drug-likeness (QED) is 0.528. The number of rotatable bonds is 3. The van der Waals surface area contributed by atoms with Gasteiger partial charge in [-0.15, -0.1) is 0 Å². The molecule has 2 heterocycles. The first-order valence-electron chi connectivity index (χ1n) is 7.75. The van der Waals surface area contributed by atoms with Crippen LogP contribution in [0, 0.1) is 6.92 Å². The van der Waals surface area contributed by atoms with E-state index in [9.17, 15) is 0 Å². The Morgan fingerprint density at radius 2 is 1.67 bits per heavy atom. The number of benzene rings is 2. The molecule has 5 heteroatoms. The summed E-state index contributed by atoms with van der Waals surface area (Å²) in [7, 11) is 0. The van der Waals surface area contributed by atoms with Crippen molar-refractivity contribution >= 4 is 28.1 Å². The highest BCUT2D eigenvalue weighted by atomic mass is 15.1. The van der Waals surface area contributed by atoms with Crippen LogP contribution >= 0.6 is 0 Å². The lowest BCUT2D eigenvalue weighted by Gasteiger charge is -2.13. The molecule has 0 fully saturated rings. The van der Waals surface area contributed by atoms with Crippen molar-refractivity contribution in [1.29, 1.82) is 0 Å². The molecule has 0 saturated heterocycles. The van der Waals surface area contributed by atoms with Gasteiger partial charge in [-0.3, -0.25) is 5.10 Å². The van der Waals surface area contributed by atoms with Gasteiger partial charge in [-0.2, -0.15) is 5.10 Å². The van der Waals surface area contributed by atoms with Crippen LogP contribution in [-0.2, 0) is 0 Å². The van der Waals surface area contributed by atoms with Gasteiger partial charge in [-0.25, -0.2) is 4.98 Å². The summed E-state index contributed by atoms with van der Waals surface area (Å²) in [6.45, 7) is 1.97. The van der Waals surface area contributed by atoms with E-state index in [2.05, 4.69) is 20.5 Å². The lowest BCUT2D eigenvalue weighted by atomic mass is 10.0. The zero-order valence-electron chi connectivity index (χ0n) is 13.2. The number of fused-ring (bicyclic) bond motifs is 1. The Kier molecular flexibility index (Phi) is 3.39. The monoisotopic (exact) mass is 315 g/mol. The third kappa shape index (κ3) is 2.46. The summed E-state index contributed by atoms with van der Waals surface area (Å²) in [6.07, 6.45) is 0. The van der Waals surface area contributed by atoms with Crippen molar-refractivity contribution in [3.05, 3.63) is 66.4 Å². The molecule has 118 valence electrons. The number of nitrogens with zero attached hydrogens (tertiary/aromatic N) is 2. The van der Waals surface area contributed by atoms with Crippen LogP contribution in [-0.4, -0.2) is 15.2 Å². The Labute approximate surface area is 139 Å². The van der Waals surface area contributed by atoms with E-state index < -0.39 is 0 Å². The van der Waals surface area contributed by atoms with Gasteiger partial charge in [0.1, 0.15) is 11.6 Å². The number of nitrogens with one attached hydrogen (secondary N) is 2. The largest absolute Gasteiger partial charge is 0.383 e. The first-order valence-corrected chi connectivity index (χ1v) is 7.75. The second kappa shape index (κ2) is 5.70. The Bertz CT molecular complexity index is 1000. The minimum absolute atomic E-state index is 0.457. The molecule has 0 aliphatic carbocycles. The van der Waals surface area contributed by atoms with Crippen LogP contribution in [0.3, 0.4) is 0 Å². The van der Waals surface area contributed by atoms with Gasteiger partial charge in [0.15, 0.2) is 0 Å². The van der Waals surface area contributed by atoms with E-state index in [0.717, 1.165) is 39.2 Å². The van der Waals surface area contributed by atoms with Crippen LogP contribution in [0.2, 0.25) is 0 Å². The van der Waals surface area contributed by atoms with Crippen LogP contribution in [0.5, 0.6) is 0 Å². The number of anilines is 3. The molecular formula is C19H17N5. The van der Waals surface area contributed by atoms with Gasteiger partial charge in [0.25, 0.3) is 0 Å². The molecule has 4 N–H and O–H groups in total. The highest BCUT2D eigenvalue weighted by molar-refractivity contribution is 6.05. The normalized spacial score (nSPS) is 10.9. The summed E-state index contributed by atoms with van der Waals surface area (Å²) in [5, 5.41) is 12.7. The van der Waals surface area contributed by atoms with E-state index in [1.54, 1.807) is 0 Å². The number of para-hydroxylation sites is 1. The summed E-state index contributed by atoms with van der Waals surface area (Å²) < 4.78 is 0. The molecule has 0 unspecified atom stereocenters. The fourth-order valence-corrected chi connectivity index (χ4v) is 2.85. The molecule has 0 atom stereocenters. The van der Waals surface area contributed by atoms with Crippen molar-refractivity contribution in [1.82, 2.24) is 15.2 Å². The van der Waals surface area contributed by atoms with Gasteiger partial charge >= 0.3 is 0 Å². The Balaban J connectivity index is 1.92. The number of nitrogen functional groups attached to an aromatic ring is 1. The van der Waals surface area contributed by atoms with Crippen LogP contribution in [0.25, 0.3) is 22.0 Å². The maximum atomic E-state index is 6.28. The topological polar surface area (TPSA) is 79.6 Å². The van der Waals surface area contributed by atoms with E-state index >= 15 is 0 Å². The summed E-state index contributed by atoms with van der Waals surface area (Å²) in [5.74, 6) is 1.20. The first kappa shape index (κ1) is 14.3. The van der Waals surface area contributed by atoms with Gasteiger partial charge in [0.2, 0.25) is 0 Å². The predicted octanol–water partition coefficient (Wildman–Crippen LogP) is 4.26. The van der Waals surface area contributed by atoms with Crippen LogP contribution in [0.4, 0.5) is 17.3 Å². The first-order chi connectivity index (χ1) is 11.7. The molecule has 4 aromatic rings. The van der Waals surface area contributed by atoms with E-state index in [-0.39, 0.29) is 0 Å². The molecule has 0 saturated carbocycles. The smallest absolute Gasteiger partial charge is 0.140 e. The fourth-order valence-electron chi connectivity index (χ4n) is 2.85. The average molecular weight is 315 g/mol. The number of hydrogen-bond acceptors (Lipinski definition) is 4. The number of aromatic amines is 1. The highest BCUT2D eigenvalue weighted by Crippen LogP contribution is 2.36. The molecule has 0 bridgehead atoms. The summed E-state index contributed by atoms with van der Waals surface area (Å²) in [5.41, 5.74) is 9.89.